The molecule has 0 aromatic heterocycles. The molecule has 7 N–H and O–H groups in total. The normalized spacial score (nSPS) is 58.1. The van der Waals surface area contributed by atoms with Gasteiger partial charge in [0.05, 0.1) is 6.10 Å². The summed E-state index contributed by atoms with van der Waals surface area (Å²) in [5.41, 5.74) is 19.0. The molecule has 16 heavy (non-hydrogen) atoms. The third kappa shape index (κ3) is 1.81. The van der Waals surface area contributed by atoms with E-state index < -0.39 is 0 Å². The fraction of sp³-hybridized carbons (Fsp3) is 1.00. The predicted octanol–water partition coefficient (Wildman–Crippen LogP) is -0.751. The Hall–Kier alpha value is 0.270. The zero-order chi connectivity index (χ0) is 12.0. The molecule has 9 atom stereocenters. The van der Waals surface area contributed by atoms with Crippen molar-refractivity contribution in [3.05, 3.63) is 0 Å². The molecule has 0 aromatic carbocycles. The topological polar surface area (TPSA) is 98.3 Å². The zero-order valence-electron chi connectivity index (χ0n) is 9.79. The van der Waals surface area contributed by atoms with E-state index in [1.54, 1.807) is 0 Å². The lowest BCUT2D eigenvalue weighted by Crippen LogP contribution is -2.67. The Morgan fingerprint density at radius 3 is 2.31 bits per heavy atom. The van der Waals surface area contributed by atoms with Crippen molar-refractivity contribution >= 4 is 9.24 Å². The average molecular weight is 245 g/mol. The second-order valence-corrected chi connectivity index (χ2v) is 6.32. The van der Waals surface area contributed by atoms with Gasteiger partial charge in [0, 0.05) is 24.0 Å². The van der Waals surface area contributed by atoms with Crippen molar-refractivity contribution < 1.29 is 5.11 Å². The Bertz CT molecular complexity index is 240. The van der Waals surface area contributed by atoms with Gasteiger partial charge in [0.15, 0.2) is 0 Å². The summed E-state index contributed by atoms with van der Waals surface area (Å²) in [7, 11) is 2.81. The van der Waals surface area contributed by atoms with E-state index in [1.807, 2.05) is 0 Å². The molecule has 0 saturated heterocycles. The SMILES string of the molecule is CC1C(N)C2C(O)CCC(N)C2C(N)C1P. The molecule has 0 aliphatic heterocycles. The maximum Gasteiger partial charge on any atom is 0.0587 e. The van der Waals surface area contributed by atoms with Gasteiger partial charge in [-0.2, -0.15) is 0 Å². The molecule has 0 heterocycles. The molecule has 2 fully saturated rings. The molecule has 5 heteroatoms. The number of aliphatic hydroxyl groups is 1. The average Bonchev–Trinajstić information content (AvgIpc) is 2.26. The van der Waals surface area contributed by atoms with Crippen LogP contribution >= 0.6 is 9.24 Å². The van der Waals surface area contributed by atoms with Crippen molar-refractivity contribution in [3.63, 3.8) is 0 Å². The highest BCUT2D eigenvalue weighted by atomic mass is 31.0. The van der Waals surface area contributed by atoms with Crippen LogP contribution < -0.4 is 17.2 Å². The first-order valence-electron chi connectivity index (χ1n) is 6.15. The van der Waals surface area contributed by atoms with Gasteiger partial charge < -0.3 is 22.3 Å². The first-order valence-corrected chi connectivity index (χ1v) is 6.82. The molecule has 9 unspecified atom stereocenters. The summed E-state index contributed by atoms with van der Waals surface area (Å²) >= 11 is 0. The van der Waals surface area contributed by atoms with E-state index in [1.165, 1.54) is 0 Å². The lowest BCUT2D eigenvalue weighted by molar-refractivity contribution is -0.0314. The summed E-state index contributed by atoms with van der Waals surface area (Å²) in [5.74, 6) is 0.559. The molecular weight excluding hydrogens is 221 g/mol. The first-order chi connectivity index (χ1) is 7.45. The maximum absolute atomic E-state index is 10.1. The summed E-state index contributed by atoms with van der Waals surface area (Å²) in [4.78, 5) is 0. The van der Waals surface area contributed by atoms with Crippen molar-refractivity contribution in [1.29, 1.82) is 0 Å². The molecule has 94 valence electrons. The third-order valence-corrected chi connectivity index (χ3v) is 5.78. The number of aliphatic hydroxyl groups excluding tert-OH is 1. The largest absolute Gasteiger partial charge is 0.393 e. The van der Waals surface area contributed by atoms with Gasteiger partial charge in [0.1, 0.15) is 0 Å². The molecule has 4 nitrogen and oxygen atoms in total. The second-order valence-electron chi connectivity index (χ2n) is 5.55. The van der Waals surface area contributed by atoms with Crippen LogP contribution in [0.5, 0.6) is 0 Å². The van der Waals surface area contributed by atoms with Crippen LogP contribution in [0.15, 0.2) is 0 Å². The Balaban J connectivity index is 2.28. The minimum absolute atomic E-state index is 0.00801. The smallest absolute Gasteiger partial charge is 0.0587 e. The van der Waals surface area contributed by atoms with Gasteiger partial charge in [-0.05, 0) is 30.3 Å². The summed E-state index contributed by atoms with van der Waals surface area (Å²) in [6.45, 7) is 2.12. The van der Waals surface area contributed by atoms with Crippen LogP contribution in [0, 0.1) is 17.8 Å². The van der Waals surface area contributed by atoms with Gasteiger partial charge in [-0.1, -0.05) is 6.92 Å². The van der Waals surface area contributed by atoms with E-state index in [9.17, 15) is 5.11 Å². The third-order valence-electron chi connectivity index (χ3n) is 4.73. The van der Waals surface area contributed by atoms with Crippen molar-refractivity contribution in [3.8, 4) is 0 Å². The lowest BCUT2D eigenvalue weighted by atomic mass is 9.60. The number of hydrogen-bond donors (Lipinski definition) is 4. The lowest BCUT2D eigenvalue weighted by Gasteiger charge is -2.53. The fourth-order valence-corrected chi connectivity index (χ4v) is 4.07. The molecule has 2 rings (SSSR count). The molecular formula is C11H24N3OP. The monoisotopic (exact) mass is 245 g/mol. The number of fused-ring (bicyclic) bond motifs is 1. The van der Waals surface area contributed by atoms with Gasteiger partial charge in [-0.3, -0.25) is 0 Å². The van der Waals surface area contributed by atoms with Crippen LogP contribution in [-0.2, 0) is 0 Å². The van der Waals surface area contributed by atoms with E-state index in [0.29, 0.717) is 11.6 Å². The van der Waals surface area contributed by atoms with Crippen LogP contribution in [0.4, 0.5) is 0 Å². The van der Waals surface area contributed by atoms with E-state index in [0.717, 1.165) is 12.8 Å². The minimum Gasteiger partial charge on any atom is -0.393 e. The minimum atomic E-state index is -0.328. The number of rotatable bonds is 0. The zero-order valence-corrected chi connectivity index (χ0v) is 10.9. The predicted molar refractivity (Wildman–Crippen MR) is 68.8 cm³/mol. The molecule has 2 aliphatic rings. The van der Waals surface area contributed by atoms with Crippen molar-refractivity contribution in [2.75, 3.05) is 0 Å². The summed E-state index contributed by atoms with van der Waals surface area (Å²) in [6, 6.07) is 0.133. The van der Waals surface area contributed by atoms with Gasteiger partial charge >= 0.3 is 0 Å². The van der Waals surface area contributed by atoms with Crippen LogP contribution in [-0.4, -0.2) is 35.0 Å². The molecule has 0 aromatic rings. The Morgan fingerprint density at radius 2 is 1.69 bits per heavy atom. The second kappa shape index (κ2) is 4.51. The maximum atomic E-state index is 10.1. The summed E-state index contributed by atoms with van der Waals surface area (Å²) in [5, 5.41) is 10.1. The van der Waals surface area contributed by atoms with Crippen LogP contribution in [0.1, 0.15) is 19.8 Å². The highest BCUT2D eigenvalue weighted by molar-refractivity contribution is 7.17. The van der Waals surface area contributed by atoms with E-state index >= 15 is 0 Å². The van der Waals surface area contributed by atoms with E-state index in [4.69, 9.17) is 17.2 Å². The van der Waals surface area contributed by atoms with Crippen LogP contribution in [0.25, 0.3) is 0 Å². The molecule has 0 spiro atoms. The quantitative estimate of drug-likeness (QED) is 0.422. The van der Waals surface area contributed by atoms with Gasteiger partial charge in [0.2, 0.25) is 0 Å². The van der Waals surface area contributed by atoms with Crippen molar-refractivity contribution in [2.24, 2.45) is 35.0 Å². The summed E-state index contributed by atoms with van der Waals surface area (Å²) < 4.78 is 0. The summed E-state index contributed by atoms with van der Waals surface area (Å²) in [6.07, 6.45) is 1.29. The molecule has 0 bridgehead atoms. The van der Waals surface area contributed by atoms with Crippen LogP contribution in [0.2, 0.25) is 0 Å². The highest BCUT2D eigenvalue weighted by Gasteiger charge is 2.51. The number of hydrogen-bond acceptors (Lipinski definition) is 4. The van der Waals surface area contributed by atoms with Crippen molar-refractivity contribution in [1.82, 2.24) is 0 Å². The number of nitrogens with two attached hydrogens (primary N) is 3. The van der Waals surface area contributed by atoms with E-state index in [2.05, 4.69) is 16.2 Å². The first kappa shape index (κ1) is 12.7. The van der Waals surface area contributed by atoms with Gasteiger partial charge in [0.25, 0.3) is 0 Å². The highest BCUT2D eigenvalue weighted by Crippen LogP contribution is 2.43. The van der Waals surface area contributed by atoms with Crippen LogP contribution in [0.3, 0.4) is 0 Å². The molecule has 2 aliphatic carbocycles. The van der Waals surface area contributed by atoms with Crippen molar-refractivity contribution in [2.45, 2.75) is 49.7 Å². The molecule has 0 radical (unpaired) electrons. The van der Waals surface area contributed by atoms with Gasteiger partial charge in [-0.25, -0.2) is 0 Å². The Morgan fingerprint density at radius 1 is 1.06 bits per heavy atom. The van der Waals surface area contributed by atoms with Gasteiger partial charge in [-0.15, -0.1) is 9.24 Å². The molecule has 0 amide bonds. The molecule has 2 saturated carbocycles. The Labute approximate surface area is 99.5 Å². The standard InChI is InChI=1S/C11H24N3OP/c1-4-9(13)8-6(15)3-2-5(12)7(8)10(14)11(4)16/h4-11,15H,2-3,12-14,16H2,1H3. The van der Waals surface area contributed by atoms with E-state index in [-0.39, 0.29) is 36.1 Å². The Kier molecular flexibility index (Phi) is 3.58. The fourth-order valence-electron chi connectivity index (χ4n) is 3.56.